The molecule has 0 amide bonds. The summed E-state index contributed by atoms with van der Waals surface area (Å²) in [4.78, 5) is 15.2. The molecule has 3 aromatic rings. The van der Waals surface area contributed by atoms with Crippen LogP contribution in [0, 0.1) is 5.41 Å². The number of hydrogen-bond donors (Lipinski definition) is 3. The molecule has 0 bridgehead atoms. The molecule has 3 aromatic heterocycles. The molecule has 1 aliphatic rings. The molecule has 4 rings (SSSR count). The van der Waals surface area contributed by atoms with Crippen LogP contribution < -0.4 is 16.0 Å². The number of halogens is 3. The number of aromatic nitrogens is 4. The van der Waals surface area contributed by atoms with Gasteiger partial charge in [0.15, 0.2) is 5.82 Å². The zero-order valence-electron chi connectivity index (χ0n) is 17.6. The van der Waals surface area contributed by atoms with E-state index < -0.39 is 11.7 Å². The first-order chi connectivity index (χ1) is 15.2. The molecule has 32 heavy (non-hydrogen) atoms. The maximum atomic E-state index is 13.2. The highest BCUT2D eigenvalue weighted by atomic mass is 19.4. The van der Waals surface area contributed by atoms with Gasteiger partial charge < -0.3 is 21.4 Å². The molecule has 1 fully saturated rings. The van der Waals surface area contributed by atoms with E-state index in [1.807, 2.05) is 6.92 Å². The Morgan fingerprint density at radius 1 is 1.28 bits per heavy atom. The van der Waals surface area contributed by atoms with E-state index in [9.17, 15) is 13.2 Å². The Balaban J connectivity index is 1.72. The van der Waals surface area contributed by atoms with Gasteiger partial charge in [-0.15, -0.1) is 0 Å². The average molecular weight is 444 g/mol. The third-order valence-electron chi connectivity index (χ3n) is 5.63. The zero-order chi connectivity index (χ0) is 23.0. The van der Waals surface area contributed by atoms with Crippen LogP contribution in [-0.2, 0) is 6.18 Å². The lowest BCUT2D eigenvalue weighted by molar-refractivity contribution is -0.137. The molecular formula is C21H23F3N8. The lowest BCUT2D eigenvalue weighted by Gasteiger charge is -2.41. The molecule has 0 saturated carbocycles. The Labute approximate surface area is 182 Å². The molecule has 4 N–H and O–H groups in total. The van der Waals surface area contributed by atoms with E-state index in [1.165, 1.54) is 22.9 Å². The summed E-state index contributed by atoms with van der Waals surface area (Å²) in [5.41, 5.74) is 7.20. The fourth-order valence-electron chi connectivity index (χ4n) is 3.98. The van der Waals surface area contributed by atoms with E-state index in [1.54, 1.807) is 19.2 Å². The highest BCUT2D eigenvalue weighted by Crippen LogP contribution is 2.31. The molecule has 1 aliphatic heterocycles. The van der Waals surface area contributed by atoms with Crippen molar-refractivity contribution in [3.63, 3.8) is 0 Å². The first kappa shape index (κ1) is 21.8. The minimum Gasteiger partial charge on any atom is -0.402 e. The average Bonchev–Trinajstić information content (AvgIpc) is 3.18. The van der Waals surface area contributed by atoms with Gasteiger partial charge in [0.25, 0.3) is 0 Å². The molecular weight excluding hydrogens is 421 g/mol. The monoisotopic (exact) mass is 444 g/mol. The number of fused-ring (bicyclic) bond motifs is 1. The van der Waals surface area contributed by atoms with Crippen molar-refractivity contribution in [1.29, 1.82) is 5.41 Å². The number of rotatable bonds is 4. The minimum absolute atomic E-state index is 0.0689. The van der Waals surface area contributed by atoms with Crippen molar-refractivity contribution < 1.29 is 13.2 Å². The van der Waals surface area contributed by atoms with Crippen LogP contribution in [0.15, 0.2) is 48.1 Å². The Kier molecular flexibility index (Phi) is 5.59. The first-order valence-corrected chi connectivity index (χ1v) is 10.0. The van der Waals surface area contributed by atoms with E-state index in [0.29, 0.717) is 41.5 Å². The summed E-state index contributed by atoms with van der Waals surface area (Å²) in [6, 6.07) is 3.85. The summed E-state index contributed by atoms with van der Waals surface area (Å²) < 4.78 is 40.9. The number of hydrogen-bond acceptors (Lipinski definition) is 7. The smallest absolute Gasteiger partial charge is 0.402 e. The largest absolute Gasteiger partial charge is 0.417 e. The number of anilines is 1. The third kappa shape index (κ3) is 3.91. The molecule has 8 nitrogen and oxygen atoms in total. The Hall–Kier alpha value is -3.47. The topological polar surface area (TPSA) is 108 Å². The van der Waals surface area contributed by atoms with Gasteiger partial charge >= 0.3 is 6.18 Å². The fourth-order valence-corrected chi connectivity index (χ4v) is 3.98. The lowest BCUT2D eigenvalue weighted by atomic mass is 9.96. The summed E-state index contributed by atoms with van der Waals surface area (Å²) in [7, 11) is 0. The summed E-state index contributed by atoms with van der Waals surface area (Å²) >= 11 is 0. The molecule has 11 heteroatoms. The SMILES string of the molecule is C/C(N)=C(/C=N)C1NCCN(c2ccnc(-c3cnc4ccc(C(F)(F)F)cn34)n2)C1C. The second-order valence-corrected chi connectivity index (χ2v) is 7.67. The van der Waals surface area contributed by atoms with Crippen LogP contribution in [0.5, 0.6) is 0 Å². The van der Waals surface area contributed by atoms with Gasteiger partial charge in [0, 0.05) is 49.0 Å². The number of allylic oxidation sites excluding steroid dienone is 1. The van der Waals surface area contributed by atoms with Crippen molar-refractivity contribution in [3.05, 3.63) is 53.6 Å². The number of nitrogens with zero attached hydrogens (tertiary/aromatic N) is 5. The molecule has 0 aromatic carbocycles. The van der Waals surface area contributed by atoms with Crippen molar-refractivity contribution in [1.82, 2.24) is 24.7 Å². The van der Waals surface area contributed by atoms with Gasteiger partial charge in [-0.05, 0) is 32.0 Å². The number of nitrogens with two attached hydrogens (primary N) is 1. The van der Waals surface area contributed by atoms with E-state index in [4.69, 9.17) is 11.1 Å². The van der Waals surface area contributed by atoms with Crippen molar-refractivity contribution in [2.24, 2.45) is 5.73 Å². The van der Waals surface area contributed by atoms with Crippen molar-refractivity contribution in [3.8, 4) is 11.5 Å². The number of nitrogens with one attached hydrogen (secondary N) is 2. The molecule has 168 valence electrons. The van der Waals surface area contributed by atoms with Crippen LogP contribution in [0.25, 0.3) is 17.2 Å². The van der Waals surface area contributed by atoms with Crippen molar-refractivity contribution in [2.75, 3.05) is 18.0 Å². The van der Waals surface area contributed by atoms with Crippen LogP contribution in [-0.4, -0.2) is 50.7 Å². The maximum absolute atomic E-state index is 13.2. The van der Waals surface area contributed by atoms with E-state index in [2.05, 4.69) is 25.2 Å². The Morgan fingerprint density at radius 3 is 2.75 bits per heavy atom. The standard InChI is InChI=1S/C21H23F3N8/c1-12(26)15(9-25)19-13(2)31(8-7-27-19)18-5-6-28-20(30-18)16-10-29-17-4-3-14(11-32(16)17)21(22,23)24/h3-6,9-11,13,19,25,27H,7-8,26H2,1-2H3/b15-12+,25-9?. The van der Waals surface area contributed by atoms with Gasteiger partial charge in [-0.25, -0.2) is 15.0 Å². The molecule has 2 unspecified atom stereocenters. The molecule has 1 saturated heterocycles. The highest BCUT2D eigenvalue weighted by Gasteiger charge is 2.32. The quantitative estimate of drug-likeness (QED) is 0.534. The van der Waals surface area contributed by atoms with Gasteiger partial charge in [0.1, 0.15) is 17.2 Å². The van der Waals surface area contributed by atoms with E-state index in [0.717, 1.165) is 12.3 Å². The van der Waals surface area contributed by atoms with Crippen LogP contribution >= 0.6 is 0 Å². The van der Waals surface area contributed by atoms with E-state index in [-0.39, 0.29) is 17.9 Å². The van der Waals surface area contributed by atoms with E-state index >= 15 is 0 Å². The Morgan fingerprint density at radius 2 is 2.06 bits per heavy atom. The second kappa shape index (κ2) is 8.23. The summed E-state index contributed by atoms with van der Waals surface area (Å²) in [5, 5.41) is 11.1. The minimum atomic E-state index is -4.47. The number of alkyl halides is 3. The van der Waals surface area contributed by atoms with Gasteiger partial charge in [-0.2, -0.15) is 13.2 Å². The predicted molar refractivity (Wildman–Crippen MR) is 115 cm³/mol. The van der Waals surface area contributed by atoms with Crippen molar-refractivity contribution >= 4 is 17.7 Å². The molecule has 4 heterocycles. The molecule has 2 atom stereocenters. The first-order valence-electron chi connectivity index (χ1n) is 10.0. The number of imidazole rings is 1. The molecule has 0 aliphatic carbocycles. The van der Waals surface area contributed by atoms with Crippen molar-refractivity contribution in [2.45, 2.75) is 32.1 Å². The maximum Gasteiger partial charge on any atom is 0.417 e. The lowest BCUT2D eigenvalue weighted by Crippen LogP contribution is -2.58. The summed E-state index contributed by atoms with van der Waals surface area (Å²) in [6.07, 6.45) is 0.838. The normalized spacial score (nSPS) is 20.3. The van der Waals surface area contributed by atoms with Crippen LogP contribution in [0.1, 0.15) is 19.4 Å². The highest BCUT2D eigenvalue weighted by molar-refractivity contribution is 5.79. The van der Waals surface area contributed by atoms with Crippen LogP contribution in [0.3, 0.4) is 0 Å². The zero-order valence-corrected chi connectivity index (χ0v) is 17.6. The van der Waals surface area contributed by atoms with Gasteiger partial charge in [-0.1, -0.05) is 0 Å². The second-order valence-electron chi connectivity index (χ2n) is 7.67. The molecule has 0 radical (unpaired) electrons. The predicted octanol–water partition coefficient (Wildman–Crippen LogP) is 2.86. The number of pyridine rings is 1. The van der Waals surface area contributed by atoms with Crippen LogP contribution in [0.2, 0.25) is 0 Å². The molecule has 0 spiro atoms. The Bertz CT molecular complexity index is 1180. The van der Waals surface area contributed by atoms with Gasteiger partial charge in [0.05, 0.1) is 17.8 Å². The fraction of sp³-hybridized carbons (Fsp3) is 0.333. The van der Waals surface area contributed by atoms with Gasteiger partial charge in [0.2, 0.25) is 0 Å². The number of piperazine rings is 1. The van der Waals surface area contributed by atoms with Gasteiger partial charge in [-0.3, -0.25) is 4.40 Å². The van der Waals surface area contributed by atoms with Crippen LogP contribution in [0.4, 0.5) is 19.0 Å². The third-order valence-corrected chi connectivity index (χ3v) is 5.63. The summed E-state index contributed by atoms with van der Waals surface area (Å²) in [5.74, 6) is 0.907. The summed E-state index contributed by atoms with van der Waals surface area (Å²) in [6.45, 7) is 5.09.